The second-order valence-corrected chi connectivity index (χ2v) is 4.11. The molecule has 0 aliphatic heterocycles. The number of allylic oxidation sites excluding steroid dienone is 1. The molecule has 1 aromatic heterocycles. The van der Waals surface area contributed by atoms with Crippen LogP contribution in [0.1, 0.15) is 23.1 Å². The molecule has 2 aromatic rings. The quantitative estimate of drug-likeness (QED) is 0.738. The van der Waals surface area contributed by atoms with Crippen molar-refractivity contribution >= 4 is 24.1 Å². The van der Waals surface area contributed by atoms with Crippen LogP contribution in [-0.4, -0.2) is 4.98 Å². The van der Waals surface area contributed by atoms with Gasteiger partial charge in [0.25, 0.3) is 0 Å². The Morgan fingerprint density at radius 3 is 2.71 bits per heavy atom. The fraction of sp³-hybridized carbons (Fsp3) is 0.133. The number of aryl methyl sites for hydroxylation is 1. The molecule has 1 heterocycles. The van der Waals surface area contributed by atoms with E-state index in [-0.39, 0.29) is 12.4 Å². The van der Waals surface area contributed by atoms with E-state index in [1.807, 2.05) is 18.5 Å². The van der Waals surface area contributed by atoms with Crippen LogP contribution in [0.15, 0.2) is 48.8 Å². The number of hydrogen-bond acceptors (Lipinski definition) is 1. The van der Waals surface area contributed by atoms with Gasteiger partial charge in [-0.25, -0.2) is 0 Å². The first-order valence-corrected chi connectivity index (χ1v) is 5.62. The van der Waals surface area contributed by atoms with Crippen molar-refractivity contribution in [2.75, 3.05) is 0 Å². The molecule has 3 rings (SSSR count). The zero-order chi connectivity index (χ0) is 10.8. The number of fused-ring (bicyclic) bond motifs is 1. The summed E-state index contributed by atoms with van der Waals surface area (Å²) in [5, 5.41) is 0. The zero-order valence-corrected chi connectivity index (χ0v) is 10.3. The molecule has 0 N–H and O–H groups in total. The predicted octanol–water partition coefficient (Wildman–Crippen LogP) is 3.99. The highest BCUT2D eigenvalue weighted by Crippen LogP contribution is 2.33. The number of halogens is 1. The van der Waals surface area contributed by atoms with Gasteiger partial charge in [-0.05, 0) is 47.2 Å². The molecule has 0 fully saturated rings. The second kappa shape index (κ2) is 5.15. The lowest BCUT2D eigenvalue weighted by Crippen LogP contribution is -1.80. The van der Waals surface area contributed by atoms with Crippen molar-refractivity contribution in [3.05, 3.63) is 65.5 Å². The minimum atomic E-state index is 0. The number of benzene rings is 1. The largest absolute Gasteiger partial charge is 0.264 e. The number of pyridine rings is 1. The molecule has 17 heavy (non-hydrogen) atoms. The molecule has 0 saturated carbocycles. The standard InChI is InChI=1S/C15H13N.ClH/c1-2-6-15-13(5-1)7-8-14(15)10-12-4-3-9-16-11-12;/h1-6,9-11H,7-8H2;1H/b14-10-;. The summed E-state index contributed by atoms with van der Waals surface area (Å²) in [6, 6.07) is 12.7. The first kappa shape index (κ1) is 11.9. The lowest BCUT2D eigenvalue weighted by Gasteiger charge is -2.00. The van der Waals surface area contributed by atoms with Crippen molar-refractivity contribution in [1.29, 1.82) is 0 Å². The molecule has 1 nitrogen and oxygen atoms in total. The van der Waals surface area contributed by atoms with Gasteiger partial charge in [0.05, 0.1) is 0 Å². The molecule has 86 valence electrons. The molecule has 0 atom stereocenters. The summed E-state index contributed by atoms with van der Waals surface area (Å²) >= 11 is 0. The smallest absolute Gasteiger partial charge is 0.0340 e. The molecule has 0 spiro atoms. The number of hydrogen-bond donors (Lipinski definition) is 0. The molecule has 0 amide bonds. The predicted molar refractivity (Wildman–Crippen MR) is 74.1 cm³/mol. The Labute approximate surface area is 108 Å². The summed E-state index contributed by atoms with van der Waals surface area (Å²) in [6.07, 6.45) is 8.29. The molecular weight excluding hydrogens is 230 g/mol. The molecular formula is C15H14ClN. The molecule has 0 unspecified atom stereocenters. The van der Waals surface area contributed by atoms with Gasteiger partial charge in [0, 0.05) is 12.4 Å². The van der Waals surface area contributed by atoms with Gasteiger partial charge in [-0.1, -0.05) is 30.3 Å². The van der Waals surface area contributed by atoms with Crippen LogP contribution in [-0.2, 0) is 6.42 Å². The maximum absolute atomic E-state index is 4.14. The van der Waals surface area contributed by atoms with Crippen LogP contribution in [0.4, 0.5) is 0 Å². The summed E-state index contributed by atoms with van der Waals surface area (Å²) in [5.74, 6) is 0. The fourth-order valence-electron chi connectivity index (χ4n) is 2.27. The molecule has 0 bridgehead atoms. The summed E-state index contributed by atoms with van der Waals surface area (Å²) in [7, 11) is 0. The van der Waals surface area contributed by atoms with Crippen LogP contribution < -0.4 is 0 Å². The summed E-state index contributed by atoms with van der Waals surface area (Å²) in [6.45, 7) is 0. The van der Waals surface area contributed by atoms with Crippen molar-refractivity contribution in [1.82, 2.24) is 4.98 Å². The summed E-state index contributed by atoms with van der Waals surface area (Å²) in [4.78, 5) is 4.14. The SMILES string of the molecule is C(=C1\CCc2ccccc21)/c1cccnc1.Cl. The Hall–Kier alpha value is -1.60. The Morgan fingerprint density at radius 1 is 1.00 bits per heavy atom. The highest BCUT2D eigenvalue weighted by molar-refractivity contribution is 5.85. The van der Waals surface area contributed by atoms with Crippen LogP contribution in [0, 0.1) is 0 Å². The van der Waals surface area contributed by atoms with Crippen LogP contribution in [0.2, 0.25) is 0 Å². The Balaban J connectivity index is 0.00000108. The molecule has 2 heteroatoms. The van der Waals surface area contributed by atoms with E-state index in [9.17, 15) is 0 Å². The Morgan fingerprint density at radius 2 is 1.88 bits per heavy atom. The molecule has 1 aliphatic rings. The lowest BCUT2D eigenvalue weighted by atomic mass is 10.1. The lowest BCUT2D eigenvalue weighted by molar-refractivity contribution is 1.08. The summed E-state index contributed by atoms with van der Waals surface area (Å²) in [5.41, 5.74) is 5.50. The number of rotatable bonds is 1. The van der Waals surface area contributed by atoms with Crippen LogP contribution in [0.3, 0.4) is 0 Å². The first-order valence-electron chi connectivity index (χ1n) is 5.62. The second-order valence-electron chi connectivity index (χ2n) is 4.11. The third-order valence-electron chi connectivity index (χ3n) is 3.05. The van der Waals surface area contributed by atoms with Gasteiger partial charge in [0.2, 0.25) is 0 Å². The monoisotopic (exact) mass is 243 g/mol. The van der Waals surface area contributed by atoms with Crippen molar-refractivity contribution in [2.45, 2.75) is 12.8 Å². The first-order chi connectivity index (χ1) is 7.93. The normalized spacial score (nSPS) is 15.4. The number of nitrogens with zero attached hydrogens (tertiary/aromatic N) is 1. The van der Waals surface area contributed by atoms with E-state index in [1.54, 1.807) is 0 Å². The third-order valence-corrected chi connectivity index (χ3v) is 3.05. The Bertz CT molecular complexity index is 532. The van der Waals surface area contributed by atoms with E-state index >= 15 is 0 Å². The van der Waals surface area contributed by atoms with E-state index in [4.69, 9.17) is 0 Å². The average molecular weight is 244 g/mol. The van der Waals surface area contributed by atoms with Crippen LogP contribution >= 0.6 is 12.4 Å². The van der Waals surface area contributed by atoms with Gasteiger partial charge in [-0.2, -0.15) is 0 Å². The zero-order valence-electron chi connectivity index (χ0n) is 9.47. The van der Waals surface area contributed by atoms with Crippen molar-refractivity contribution < 1.29 is 0 Å². The van der Waals surface area contributed by atoms with Gasteiger partial charge in [-0.3, -0.25) is 4.98 Å². The van der Waals surface area contributed by atoms with E-state index < -0.39 is 0 Å². The molecule has 1 aromatic carbocycles. The minimum Gasteiger partial charge on any atom is -0.264 e. The molecule has 0 saturated heterocycles. The van der Waals surface area contributed by atoms with Gasteiger partial charge in [-0.15, -0.1) is 12.4 Å². The average Bonchev–Trinajstić information content (AvgIpc) is 2.74. The topological polar surface area (TPSA) is 12.9 Å². The Kier molecular flexibility index (Phi) is 3.60. The van der Waals surface area contributed by atoms with Crippen molar-refractivity contribution in [2.24, 2.45) is 0 Å². The van der Waals surface area contributed by atoms with Gasteiger partial charge < -0.3 is 0 Å². The van der Waals surface area contributed by atoms with E-state index in [2.05, 4.69) is 41.4 Å². The minimum absolute atomic E-state index is 0. The third kappa shape index (κ3) is 2.40. The maximum Gasteiger partial charge on any atom is 0.0340 e. The summed E-state index contributed by atoms with van der Waals surface area (Å²) < 4.78 is 0. The highest BCUT2D eigenvalue weighted by Gasteiger charge is 2.14. The van der Waals surface area contributed by atoms with Gasteiger partial charge in [0.15, 0.2) is 0 Å². The maximum atomic E-state index is 4.14. The molecule has 1 aliphatic carbocycles. The van der Waals surface area contributed by atoms with E-state index in [0.717, 1.165) is 6.42 Å². The highest BCUT2D eigenvalue weighted by atomic mass is 35.5. The fourth-order valence-corrected chi connectivity index (χ4v) is 2.27. The van der Waals surface area contributed by atoms with E-state index in [1.165, 1.54) is 28.7 Å². The molecule has 0 radical (unpaired) electrons. The van der Waals surface area contributed by atoms with Crippen LogP contribution in [0.25, 0.3) is 11.6 Å². The van der Waals surface area contributed by atoms with Crippen LogP contribution in [0.5, 0.6) is 0 Å². The van der Waals surface area contributed by atoms with Gasteiger partial charge >= 0.3 is 0 Å². The van der Waals surface area contributed by atoms with E-state index in [0.29, 0.717) is 0 Å². The van der Waals surface area contributed by atoms with Crippen molar-refractivity contribution in [3.8, 4) is 0 Å². The number of aromatic nitrogens is 1. The van der Waals surface area contributed by atoms with Crippen molar-refractivity contribution in [3.63, 3.8) is 0 Å². The van der Waals surface area contributed by atoms with Gasteiger partial charge in [0.1, 0.15) is 0 Å².